The van der Waals surface area contributed by atoms with E-state index < -0.39 is 0 Å². The standard InChI is InChI=1S/C23H21N2O/c1-16-12-13-19-18-10-6-8-17(9-7-14-24-2)22(18)26-23(19)21(16)20-11-4-5-15-25(20)3/h4-6,8,10-13,15H,7,9,14H2,1,3H3/q+1. The van der Waals surface area contributed by atoms with Gasteiger partial charge in [-0.1, -0.05) is 30.3 Å². The van der Waals surface area contributed by atoms with Crippen LogP contribution in [-0.4, -0.2) is 6.54 Å². The number of rotatable bonds is 4. The van der Waals surface area contributed by atoms with Crippen molar-refractivity contribution in [2.75, 3.05) is 6.54 Å². The Kier molecular flexibility index (Phi) is 4.18. The summed E-state index contributed by atoms with van der Waals surface area (Å²) in [6, 6.07) is 16.9. The molecule has 3 heteroatoms. The highest BCUT2D eigenvalue weighted by molar-refractivity contribution is 6.10. The molecule has 0 saturated heterocycles. The largest absolute Gasteiger partial charge is 0.455 e. The highest BCUT2D eigenvalue weighted by atomic mass is 16.3. The number of para-hydroxylation sites is 1. The zero-order valence-corrected chi connectivity index (χ0v) is 15.1. The van der Waals surface area contributed by atoms with Gasteiger partial charge in [-0.15, -0.1) is 0 Å². The van der Waals surface area contributed by atoms with E-state index in [1.807, 2.05) is 6.07 Å². The molecule has 0 spiro atoms. The SMILES string of the molecule is [C-]#[N+]CCCc1cccc2c1oc1c(-c3cccc[n+]3C)c(C)ccc12. The fourth-order valence-corrected chi connectivity index (χ4v) is 3.67. The summed E-state index contributed by atoms with van der Waals surface area (Å²) in [4.78, 5) is 3.47. The molecule has 0 atom stereocenters. The maximum Gasteiger partial charge on any atom is 0.216 e. The van der Waals surface area contributed by atoms with E-state index in [0.717, 1.165) is 46.0 Å². The Bertz CT molecular complexity index is 1150. The van der Waals surface area contributed by atoms with Crippen molar-refractivity contribution in [2.45, 2.75) is 19.8 Å². The monoisotopic (exact) mass is 341 g/mol. The normalized spacial score (nSPS) is 11.1. The molecule has 0 N–H and O–H groups in total. The summed E-state index contributed by atoms with van der Waals surface area (Å²) in [6.07, 6.45) is 3.79. The first-order valence-electron chi connectivity index (χ1n) is 8.92. The number of furan rings is 1. The lowest BCUT2D eigenvalue weighted by Crippen LogP contribution is -2.30. The van der Waals surface area contributed by atoms with Gasteiger partial charge in [0.2, 0.25) is 12.2 Å². The number of fused-ring (bicyclic) bond motifs is 3. The van der Waals surface area contributed by atoms with E-state index in [1.165, 1.54) is 11.1 Å². The van der Waals surface area contributed by atoms with E-state index in [-0.39, 0.29) is 0 Å². The van der Waals surface area contributed by atoms with Gasteiger partial charge in [-0.2, -0.15) is 0 Å². The molecular weight excluding hydrogens is 320 g/mol. The summed E-state index contributed by atoms with van der Waals surface area (Å²) in [6.45, 7) is 9.67. The molecule has 0 amide bonds. The molecule has 0 bridgehead atoms. The van der Waals surface area contributed by atoms with Crippen LogP contribution in [0.4, 0.5) is 0 Å². The molecule has 0 unspecified atom stereocenters. The van der Waals surface area contributed by atoms with Crippen molar-refractivity contribution in [1.82, 2.24) is 0 Å². The molecule has 2 heterocycles. The van der Waals surface area contributed by atoms with Gasteiger partial charge in [0.05, 0.1) is 5.56 Å². The highest BCUT2D eigenvalue weighted by Gasteiger charge is 2.20. The van der Waals surface area contributed by atoms with Gasteiger partial charge in [0.15, 0.2) is 6.20 Å². The van der Waals surface area contributed by atoms with E-state index in [4.69, 9.17) is 11.0 Å². The van der Waals surface area contributed by atoms with Crippen LogP contribution in [0.1, 0.15) is 17.5 Å². The Morgan fingerprint density at radius 3 is 2.65 bits per heavy atom. The lowest BCUT2D eigenvalue weighted by Gasteiger charge is -2.04. The molecule has 4 rings (SSSR count). The number of benzene rings is 2. The van der Waals surface area contributed by atoms with Crippen LogP contribution in [0.3, 0.4) is 0 Å². The van der Waals surface area contributed by atoms with Gasteiger partial charge in [0.25, 0.3) is 0 Å². The maximum atomic E-state index is 6.99. The van der Waals surface area contributed by atoms with Gasteiger partial charge in [-0.25, -0.2) is 11.1 Å². The van der Waals surface area contributed by atoms with Gasteiger partial charge in [-0.05, 0) is 30.5 Å². The van der Waals surface area contributed by atoms with Crippen molar-refractivity contribution < 1.29 is 8.98 Å². The quantitative estimate of drug-likeness (QED) is 0.283. The second kappa shape index (κ2) is 6.65. The number of hydrogen-bond donors (Lipinski definition) is 0. The van der Waals surface area contributed by atoms with Crippen LogP contribution in [0.15, 0.2) is 59.1 Å². The van der Waals surface area contributed by atoms with E-state index in [0.29, 0.717) is 6.54 Å². The van der Waals surface area contributed by atoms with Crippen molar-refractivity contribution >= 4 is 21.9 Å². The van der Waals surface area contributed by atoms with Crippen LogP contribution in [0.2, 0.25) is 0 Å². The van der Waals surface area contributed by atoms with Crippen molar-refractivity contribution in [3.63, 3.8) is 0 Å². The number of aryl methyl sites for hydroxylation is 3. The lowest BCUT2D eigenvalue weighted by molar-refractivity contribution is -0.660. The Labute approximate surface area is 153 Å². The summed E-state index contributed by atoms with van der Waals surface area (Å²) in [5, 5.41) is 2.30. The number of nitrogens with zero attached hydrogens (tertiary/aromatic N) is 2. The summed E-state index contributed by atoms with van der Waals surface area (Å²) >= 11 is 0. The average molecular weight is 341 g/mol. The fourth-order valence-electron chi connectivity index (χ4n) is 3.67. The van der Waals surface area contributed by atoms with Crippen LogP contribution in [-0.2, 0) is 13.5 Å². The van der Waals surface area contributed by atoms with Gasteiger partial charge in [0.1, 0.15) is 18.2 Å². The molecule has 0 aliphatic carbocycles. The molecule has 0 fully saturated rings. The number of hydrogen-bond acceptors (Lipinski definition) is 1. The zero-order valence-electron chi connectivity index (χ0n) is 15.1. The van der Waals surface area contributed by atoms with Gasteiger partial charge >= 0.3 is 0 Å². The Morgan fingerprint density at radius 1 is 1.00 bits per heavy atom. The highest BCUT2D eigenvalue weighted by Crippen LogP contribution is 2.38. The van der Waals surface area contributed by atoms with E-state index in [1.54, 1.807) is 0 Å². The minimum Gasteiger partial charge on any atom is -0.455 e. The molecule has 0 aliphatic rings. The third-order valence-corrected chi connectivity index (χ3v) is 4.98. The maximum absolute atomic E-state index is 6.99. The predicted octanol–water partition coefficient (Wildman–Crippen LogP) is 5.24. The number of pyridine rings is 1. The van der Waals surface area contributed by atoms with Gasteiger partial charge in [0, 0.05) is 29.3 Å². The third-order valence-electron chi connectivity index (χ3n) is 4.98. The minimum absolute atomic E-state index is 0.556. The first-order valence-corrected chi connectivity index (χ1v) is 8.92. The molecule has 128 valence electrons. The molecule has 26 heavy (non-hydrogen) atoms. The Balaban J connectivity index is 1.98. The summed E-state index contributed by atoms with van der Waals surface area (Å²) in [5.74, 6) is 0. The van der Waals surface area contributed by atoms with E-state index in [9.17, 15) is 0 Å². The zero-order chi connectivity index (χ0) is 18.1. The minimum atomic E-state index is 0.556. The molecule has 0 saturated carbocycles. The molecule has 0 aliphatic heterocycles. The topological polar surface area (TPSA) is 21.4 Å². The second-order valence-corrected chi connectivity index (χ2v) is 6.71. The van der Waals surface area contributed by atoms with Crippen LogP contribution in [0.25, 0.3) is 38.0 Å². The van der Waals surface area contributed by atoms with Crippen LogP contribution in [0, 0.1) is 13.5 Å². The van der Waals surface area contributed by atoms with Crippen molar-refractivity contribution in [1.29, 1.82) is 0 Å². The molecule has 4 aromatic rings. The smallest absolute Gasteiger partial charge is 0.216 e. The lowest BCUT2D eigenvalue weighted by atomic mass is 10.00. The van der Waals surface area contributed by atoms with Gasteiger partial charge in [-0.3, -0.25) is 0 Å². The van der Waals surface area contributed by atoms with Crippen molar-refractivity contribution in [2.24, 2.45) is 7.05 Å². The van der Waals surface area contributed by atoms with Crippen LogP contribution >= 0.6 is 0 Å². The molecule has 2 aromatic heterocycles. The van der Waals surface area contributed by atoms with E-state index >= 15 is 0 Å². The third kappa shape index (κ3) is 2.64. The molecule has 3 nitrogen and oxygen atoms in total. The predicted molar refractivity (Wildman–Crippen MR) is 105 cm³/mol. The molecular formula is C23H21N2O+. The summed E-state index contributed by atoms with van der Waals surface area (Å²) < 4.78 is 8.58. The average Bonchev–Trinajstić information content (AvgIpc) is 3.02. The van der Waals surface area contributed by atoms with Crippen LogP contribution < -0.4 is 4.57 Å². The fraction of sp³-hybridized carbons (Fsp3) is 0.217. The van der Waals surface area contributed by atoms with E-state index in [2.05, 4.69) is 72.0 Å². The molecule has 0 radical (unpaired) electrons. The van der Waals surface area contributed by atoms with Crippen LogP contribution in [0.5, 0.6) is 0 Å². The summed E-state index contributed by atoms with van der Waals surface area (Å²) in [7, 11) is 2.06. The Hall–Kier alpha value is -3.12. The van der Waals surface area contributed by atoms with Crippen molar-refractivity contribution in [3.8, 4) is 11.3 Å². The second-order valence-electron chi connectivity index (χ2n) is 6.71. The summed E-state index contributed by atoms with van der Waals surface area (Å²) in [5.41, 5.74) is 6.58. The molecule has 2 aromatic carbocycles. The first kappa shape index (κ1) is 16.4. The first-order chi connectivity index (χ1) is 12.7. The number of aromatic nitrogens is 1. The van der Waals surface area contributed by atoms with Gasteiger partial charge < -0.3 is 9.26 Å². The Morgan fingerprint density at radius 2 is 1.85 bits per heavy atom. The van der Waals surface area contributed by atoms with Crippen molar-refractivity contribution in [3.05, 3.63) is 77.3 Å².